The number of halogens is 1. The lowest BCUT2D eigenvalue weighted by molar-refractivity contribution is -0.128. The zero-order chi connectivity index (χ0) is 15.7. The van der Waals surface area contributed by atoms with Gasteiger partial charge in [-0.15, -0.1) is 0 Å². The molecule has 3 rings (SSSR count). The largest absolute Gasteiger partial charge is 0.344 e. The van der Waals surface area contributed by atoms with E-state index in [1.807, 2.05) is 18.2 Å². The molecule has 1 aliphatic heterocycles. The molecule has 0 bridgehead atoms. The van der Waals surface area contributed by atoms with Crippen molar-refractivity contribution in [2.45, 2.75) is 37.3 Å². The number of amides is 3. The van der Waals surface area contributed by atoms with E-state index in [1.54, 1.807) is 11.9 Å². The molecule has 0 radical (unpaired) electrons. The Morgan fingerprint density at radius 1 is 1.32 bits per heavy atom. The van der Waals surface area contributed by atoms with Crippen molar-refractivity contribution in [3.05, 3.63) is 34.9 Å². The lowest BCUT2D eigenvalue weighted by atomic mass is 9.76. The number of nitrogens with zero attached hydrogens (tertiary/aromatic N) is 1. The van der Waals surface area contributed by atoms with Crippen LogP contribution in [0.15, 0.2) is 24.3 Å². The molecule has 1 saturated carbocycles. The molecule has 1 aromatic rings. The minimum Gasteiger partial charge on any atom is -0.344 e. The Labute approximate surface area is 135 Å². The Morgan fingerprint density at radius 3 is 2.73 bits per heavy atom. The number of likely N-dealkylation sites (N-methyl/N-ethyl adjacent to an activating group) is 1. The average Bonchev–Trinajstić information content (AvgIpc) is 2.74. The van der Waals surface area contributed by atoms with E-state index in [4.69, 9.17) is 11.6 Å². The van der Waals surface area contributed by atoms with Crippen LogP contribution in [0.1, 0.15) is 30.7 Å². The normalized spacial score (nSPS) is 27.5. The van der Waals surface area contributed by atoms with Crippen molar-refractivity contribution in [3.63, 3.8) is 0 Å². The molecule has 2 aliphatic rings. The molecule has 1 atom stereocenters. The number of hydrogen-bond acceptors (Lipinski definition) is 2. The van der Waals surface area contributed by atoms with Gasteiger partial charge in [0, 0.05) is 24.7 Å². The molecule has 1 saturated heterocycles. The Hall–Kier alpha value is -1.75. The predicted octanol–water partition coefficient (Wildman–Crippen LogP) is 2.12. The third-order valence-corrected chi connectivity index (χ3v) is 4.76. The molecular weight excluding hydrogens is 302 g/mol. The maximum Gasteiger partial charge on any atom is 0.315 e. The first-order chi connectivity index (χ1) is 10.5. The number of urea groups is 1. The van der Waals surface area contributed by atoms with Crippen molar-refractivity contribution in [2.75, 3.05) is 13.6 Å². The molecule has 6 heteroatoms. The van der Waals surface area contributed by atoms with E-state index >= 15 is 0 Å². The molecule has 1 heterocycles. The van der Waals surface area contributed by atoms with Gasteiger partial charge in [0.2, 0.25) is 5.91 Å². The molecule has 0 unspecified atom stereocenters. The van der Waals surface area contributed by atoms with Crippen LogP contribution in [-0.4, -0.2) is 42.5 Å². The van der Waals surface area contributed by atoms with Crippen molar-refractivity contribution >= 4 is 23.5 Å². The van der Waals surface area contributed by atoms with E-state index < -0.39 is 0 Å². The minimum absolute atomic E-state index is 0.0134. The Balaban J connectivity index is 1.44. The molecule has 1 aromatic carbocycles. The molecule has 22 heavy (non-hydrogen) atoms. The highest BCUT2D eigenvalue weighted by Crippen LogP contribution is 2.37. The maximum absolute atomic E-state index is 11.9. The number of carbonyl (C=O) groups excluding carboxylic acids is 2. The van der Waals surface area contributed by atoms with Crippen molar-refractivity contribution < 1.29 is 9.59 Å². The smallest absolute Gasteiger partial charge is 0.315 e. The zero-order valence-electron chi connectivity index (χ0n) is 12.5. The maximum atomic E-state index is 11.9. The van der Waals surface area contributed by atoms with Crippen LogP contribution in [0.4, 0.5) is 4.79 Å². The SMILES string of the molecule is CN1CC[C@@H](NC(=O)NC2CC(c3cccc(Cl)c3)C2)C1=O. The number of rotatable bonds is 3. The van der Waals surface area contributed by atoms with Gasteiger partial charge < -0.3 is 15.5 Å². The van der Waals surface area contributed by atoms with E-state index in [1.165, 1.54) is 5.56 Å². The summed E-state index contributed by atoms with van der Waals surface area (Å²) in [6, 6.07) is 7.40. The molecular formula is C16H20ClN3O2. The second-order valence-corrected chi connectivity index (χ2v) is 6.58. The lowest BCUT2D eigenvalue weighted by Gasteiger charge is -2.36. The number of benzene rings is 1. The molecule has 2 fully saturated rings. The first-order valence-corrected chi connectivity index (χ1v) is 7.98. The van der Waals surface area contributed by atoms with Gasteiger partial charge in [-0.2, -0.15) is 0 Å². The summed E-state index contributed by atoms with van der Waals surface area (Å²) in [6.07, 6.45) is 2.50. The average molecular weight is 322 g/mol. The fraction of sp³-hybridized carbons (Fsp3) is 0.500. The van der Waals surface area contributed by atoms with Crippen molar-refractivity contribution in [1.29, 1.82) is 0 Å². The highest BCUT2D eigenvalue weighted by molar-refractivity contribution is 6.30. The third-order valence-electron chi connectivity index (χ3n) is 4.53. The standard InChI is InChI=1S/C16H20ClN3O2/c1-20-6-5-14(15(20)21)19-16(22)18-13-8-11(9-13)10-3-2-4-12(17)7-10/h2-4,7,11,13-14H,5-6,8-9H2,1H3,(H2,18,19,22)/t11?,13?,14-/m1/s1. The van der Waals surface area contributed by atoms with Crippen LogP contribution in [0.5, 0.6) is 0 Å². The number of hydrogen-bond donors (Lipinski definition) is 2. The zero-order valence-corrected chi connectivity index (χ0v) is 13.3. The van der Waals surface area contributed by atoms with Crippen LogP contribution < -0.4 is 10.6 Å². The van der Waals surface area contributed by atoms with Crippen LogP contribution in [0.25, 0.3) is 0 Å². The van der Waals surface area contributed by atoms with Crippen LogP contribution in [0.2, 0.25) is 5.02 Å². The molecule has 3 amide bonds. The number of likely N-dealkylation sites (tertiary alicyclic amines) is 1. The highest BCUT2D eigenvalue weighted by Gasteiger charge is 2.34. The van der Waals surface area contributed by atoms with E-state index in [9.17, 15) is 9.59 Å². The topological polar surface area (TPSA) is 61.4 Å². The van der Waals surface area contributed by atoms with Gasteiger partial charge in [0.1, 0.15) is 6.04 Å². The Morgan fingerprint density at radius 2 is 2.09 bits per heavy atom. The van der Waals surface area contributed by atoms with E-state index in [2.05, 4.69) is 16.7 Å². The second-order valence-electron chi connectivity index (χ2n) is 6.14. The van der Waals surface area contributed by atoms with E-state index in [0.29, 0.717) is 18.9 Å². The summed E-state index contributed by atoms with van der Waals surface area (Å²) in [5.74, 6) is 0.434. The minimum atomic E-state index is -0.381. The van der Waals surface area contributed by atoms with E-state index in [-0.39, 0.29) is 24.0 Å². The molecule has 5 nitrogen and oxygen atoms in total. The Bertz CT molecular complexity index is 587. The molecule has 2 N–H and O–H groups in total. The summed E-state index contributed by atoms with van der Waals surface area (Å²) in [4.78, 5) is 25.3. The van der Waals surface area contributed by atoms with Crippen molar-refractivity contribution in [2.24, 2.45) is 0 Å². The third kappa shape index (κ3) is 3.19. The van der Waals surface area contributed by atoms with Crippen LogP contribution in [-0.2, 0) is 4.79 Å². The van der Waals surface area contributed by atoms with Crippen molar-refractivity contribution in [3.8, 4) is 0 Å². The van der Waals surface area contributed by atoms with Crippen LogP contribution in [0.3, 0.4) is 0 Å². The van der Waals surface area contributed by atoms with Gasteiger partial charge in [-0.1, -0.05) is 23.7 Å². The van der Waals surface area contributed by atoms with Gasteiger partial charge in [-0.25, -0.2) is 4.79 Å². The number of carbonyl (C=O) groups is 2. The molecule has 118 valence electrons. The molecule has 0 spiro atoms. The quantitative estimate of drug-likeness (QED) is 0.895. The van der Waals surface area contributed by atoms with Crippen molar-refractivity contribution in [1.82, 2.24) is 15.5 Å². The van der Waals surface area contributed by atoms with E-state index in [0.717, 1.165) is 17.9 Å². The molecule has 0 aromatic heterocycles. The molecule has 1 aliphatic carbocycles. The summed E-state index contributed by atoms with van der Waals surface area (Å²) in [5, 5.41) is 6.44. The first-order valence-electron chi connectivity index (χ1n) is 7.60. The van der Waals surface area contributed by atoms with Crippen LogP contribution >= 0.6 is 11.6 Å². The monoisotopic (exact) mass is 321 g/mol. The highest BCUT2D eigenvalue weighted by atomic mass is 35.5. The van der Waals surface area contributed by atoms with Gasteiger partial charge in [0.05, 0.1) is 0 Å². The van der Waals surface area contributed by atoms with Gasteiger partial charge in [-0.05, 0) is 42.9 Å². The lowest BCUT2D eigenvalue weighted by Crippen LogP contribution is -2.51. The summed E-state index contributed by atoms with van der Waals surface area (Å²) in [5.41, 5.74) is 1.22. The summed E-state index contributed by atoms with van der Waals surface area (Å²) < 4.78 is 0. The van der Waals surface area contributed by atoms with Gasteiger partial charge >= 0.3 is 6.03 Å². The first kappa shape index (κ1) is 15.2. The predicted molar refractivity (Wildman–Crippen MR) is 84.9 cm³/mol. The van der Waals surface area contributed by atoms with Gasteiger partial charge in [0.15, 0.2) is 0 Å². The van der Waals surface area contributed by atoms with Gasteiger partial charge in [-0.3, -0.25) is 4.79 Å². The fourth-order valence-electron chi connectivity index (χ4n) is 3.11. The van der Waals surface area contributed by atoms with Gasteiger partial charge in [0.25, 0.3) is 0 Å². The summed E-state index contributed by atoms with van der Waals surface area (Å²) in [6.45, 7) is 0.698. The second kappa shape index (κ2) is 6.16. The Kier molecular flexibility index (Phi) is 4.25. The summed E-state index contributed by atoms with van der Waals surface area (Å²) in [7, 11) is 1.75. The summed E-state index contributed by atoms with van der Waals surface area (Å²) >= 11 is 6.00. The number of nitrogens with one attached hydrogen (secondary N) is 2. The van der Waals surface area contributed by atoms with Crippen LogP contribution in [0, 0.1) is 0 Å². The fourth-order valence-corrected chi connectivity index (χ4v) is 3.31.